The Balaban J connectivity index is 2.25. The molecule has 0 saturated heterocycles. The van der Waals surface area contributed by atoms with Gasteiger partial charge in [-0.3, -0.25) is 0 Å². The van der Waals surface area contributed by atoms with Crippen LogP contribution in [0.25, 0.3) is 0 Å². The van der Waals surface area contributed by atoms with Gasteiger partial charge in [0.15, 0.2) is 0 Å². The van der Waals surface area contributed by atoms with E-state index in [1.807, 2.05) is 12.1 Å². The average molecular weight is 273 g/mol. The number of benzene rings is 1. The molecule has 20 heavy (non-hydrogen) atoms. The molecule has 1 unspecified atom stereocenters. The van der Waals surface area contributed by atoms with E-state index in [2.05, 4.69) is 50.1 Å². The maximum atomic E-state index is 10.5. The lowest BCUT2D eigenvalue weighted by atomic mass is 9.86. The average Bonchev–Trinajstić information content (AvgIpc) is 2.86. The summed E-state index contributed by atoms with van der Waals surface area (Å²) in [6.45, 7) is 9.39. The van der Waals surface area contributed by atoms with Crippen molar-refractivity contribution < 1.29 is 5.11 Å². The normalized spacial score (nSPS) is 13.4. The van der Waals surface area contributed by atoms with Crippen molar-refractivity contribution in [1.29, 1.82) is 0 Å². The molecule has 4 heteroatoms. The van der Waals surface area contributed by atoms with E-state index in [0.29, 0.717) is 0 Å². The van der Waals surface area contributed by atoms with Crippen LogP contribution in [0, 0.1) is 0 Å². The van der Waals surface area contributed by atoms with E-state index >= 15 is 0 Å². The van der Waals surface area contributed by atoms with E-state index in [1.54, 1.807) is 10.9 Å². The third kappa shape index (κ3) is 3.07. The van der Waals surface area contributed by atoms with E-state index in [9.17, 15) is 5.11 Å². The highest BCUT2D eigenvalue weighted by atomic mass is 16.3. The van der Waals surface area contributed by atoms with Crippen molar-refractivity contribution in [1.82, 2.24) is 15.0 Å². The van der Waals surface area contributed by atoms with Gasteiger partial charge in [0.1, 0.15) is 6.10 Å². The number of aliphatic hydroxyl groups excluding tert-OH is 1. The molecule has 4 nitrogen and oxygen atoms in total. The van der Waals surface area contributed by atoms with Crippen molar-refractivity contribution in [2.24, 2.45) is 0 Å². The smallest absolute Gasteiger partial charge is 0.122 e. The van der Waals surface area contributed by atoms with E-state index in [1.165, 1.54) is 5.56 Å². The topological polar surface area (TPSA) is 50.9 Å². The van der Waals surface area contributed by atoms with Crippen molar-refractivity contribution in [3.8, 4) is 0 Å². The molecular formula is C16H23N3O. The number of aliphatic hydroxyl groups is 1. The Hall–Kier alpha value is -1.68. The molecule has 0 spiro atoms. The Morgan fingerprint density at radius 3 is 2.40 bits per heavy atom. The molecule has 108 valence electrons. The first-order valence-electron chi connectivity index (χ1n) is 7.10. The summed E-state index contributed by atoms with van der Waals surface area (Å²) in [4.78, 5) is 0. The summed E-state index contributed by atoms with van der Waals surface area (Å²) in [5.41, 5.74) is 3.00. The van der Waals surface area contributed by atoms with Gasteiger partial charge in [0.05, 0.1) is 11.9 Å². The van der Waals surface area contributed by atoms with Crippen LogP contribution in [0.4, 0.5) is 0 Å². The third-order valence-electron chi connectivity index (χ3n) is 3.46. The first kappa shape index (κ1) is 14.7. The number of rotatable bonds is 4. The van der Waals surface area contributed by atoms with Gasteiger partial charge < -0.3 is 5.11 Å². The minimum Gasteiger partial charge on any atom is -0.382 e. The standard InChI is InChI=1S/C16H23N3O/c1-5-10-19-14(11-17-18-19)15(20)12-6-8-13(9-7-12)16(2,3)4/h6-9,11,15,20H,5,10H2,1-4H3. The van der Waals surface area contributed by atoms with Crippen LogP contribution in [0.1, 0.15) is 57.0 Å². The van der Waals surface area contributed by atoms with Crippen molar-refractivity contribution in [2.75, 3.05) is 0 Å². The lowest BCUT2D eigenvalue weighted by molar-refractivity contribution is 0.207. The highest BCUT2D eigenvalue weighted by molar-refractivity contribution is 5.31. The second-order valence-corrected chi connectivity index (χ2v) is 6.16. The van der Waals surface area contributed by atoms with Gasteiger partial charge >= 0.3 is 0 Å². The number of hydrogen-bond donors (Lipinski definition) is 1. The number of aryl methyl sites for hydroxylation is 1. The summed E-state index contributed by atoms with van der Waals surface area (Å²) < 4.78 is 1.77. The van der Waals surface area contributed by atoms with Gasteiger partial charge in [-0.2, -0.15) is 0 Å². The largest absolute Gasteiger partial charge is 0.382 e. The maximum absolute atomic E-state index is 10.5. The van der Waals surface area contributed by atoms with Gasteiger partial charge in [0.2, 0.25) is 0 Å². The van der Waals surface area contributed by atoms with E-state index in [4.69, 9.17) is 0 Å². The lowest BCUT2D eigenvalue weighted by Crippen LogP contribution is -2.12. The summed E-state index contributed by atoms with van der Waals surface area (Å²) >= 11 is 0. The zero-order chi connectivity index (χ0) is 14.8. The molecule has 1 aromatic carbocycles. The summed E-state index contributed by atoms with van der Waals surface area (Å²) in [5.74, 6) is 0. The minimum absolute atomic E-state index is 0.120. The van der Waals surface area contributed by atoms with Crippen molar-refractivity contribution in [3.63, 3.8) is 0 Å². The Bertz CT molecular complexity index is 552. The van der Waals surface area contributed by atoms with Crippen LogP contribution in [-0.2, 0) is 12.0 Å². The fraction of sp³-hybridized carbons (Fsp3) is 0.500. The van der Waals surface area contributed by atoms with Crippen LogP contribution in [0.15, 0.2) is 30.5 Å². The zero-order valence-corrected chi connectivity index (χ0v) is 12.7. The Morgan fingerprint density at radius 1 is 1.20 bits per heavy atom. The first-order valence-corrected chi connectivity index (χ1v) is 7.10. The minimum atomic E-state index is -0.675. The Labute approximate surface area is 120 Å². The van der Waals surface area contributed by atoms with Gasteiger partial charge in [0, 0.05) is 6.54 Å². The van der Waals surface area contributed by atoms with Crippen molar-refractivity contribution in [3.05, 3.63) is 47.3 Å². The number of hydrogen-bond acceptors (Lipinski definition) is 3. The van der Waals surface area contributed by atoms with Gasteiger partial charge in [-0.1, -0.05) is 57.2 Å². The highest BCUT2D eigenvalue weighted by Gasteiger charge is 2.18. The molecule has 0 amide bonds. The van der Waals surface area contributed by atoms with Crippen LogP contribution >= 0.6 is 0 Å². The predicted octanol–water partition coefficient (Wildman–Crippen LogP) is 3.07. The monoisotopic (exact) mass is 273 g/mol. The number of nitrogens with zero attached hydrogens (tertiary/aromatic N) is 3. The van der Waals surface area contributed by atoms with Crippen molar-refractivity contribution >= 4 is 0 Å². The van der Waals surface area contributed by atoms with E-state index in [0.717, 1.165) is 24.2 Å². The SMILES string of the molecule is CCCn1nncc1C(O)c1ccc(C(C)(C)C)cc1. The molecule has 2 aromatic rings. The second kappa shape index (κ2) is 5.75. The zero-order valence-electron chi connectivity index (χ0n) is 12.7. The summed E-state index contributed by atoms with van der Waals surface area (Å²) in [5, 5.41) is 18.4. The van der Waals surface area contributed by atoms with Gasteiger partial charge in [-0.25, -0.2) is 4.68 Å². The quantitative estimate of drug-likeness (QED) is 0.931. The van der Waals surface area contributed by atoms with Crippen LogP contribution in [-0.4, -0.2) is 20.1 Å². The van der Waals surface area contributed by atoms with Gasteiger partial charge in [-0.05, 0) is 23.0 Å². The third-order valence-corrected chi connectivity index (χ3v) is 3.46. The lowest BCUT2D eigenvalue weighted by Gasteiger charge is -2.20. The Kier molecular flexibility index (Phi) is 4.23. The summed E-state index contributed by atoms with van der Waals surface area (Å²) in [6.07, 6.45) is 1.93. The fourth-order valence-corrected chi connectivity index (χ4v) is 2.20. The first-order chi connectivity index (χ1) is 9.43. The Morgan fingerprint density at radius 2 is 1.85 bits per heavy atom. The van der Waals surface area contributed by atoms with Crippen LogP contribution < -0.4 is 0 Å². The molecular weight excluding hydrogens is 250 g/mol. The van der Waals surface area contributed by atoms with Crippen LogP contribution in [0.2, 0.25) is 0 Å². The molecule has 0 aliphatic rings. The van der Waals surface area contributed by atoms with E-state index < -0.39 is 6.10 Å². The predicted molar refractivity (Wildman–Crippen MR) is 79.5 cm³/mol. The molecule has 0 saturated carbocycles. The van der Waals surface area contributed by atoms with Gasteiger partial charge in [-0.15, -0.1) is 5.10 Å². The molecule has 0 aliphatic heterocycles. The highest BCUT2D eigenvalue weighted by Crippen LogP contribution is 2.26. The molecule has 0 radical (unpaired) electrons. The maximum Gasteiger partial charge on any atom is 0.122 e. The molecule has 0 fully saturated rings. The molecule has 0 bridgehead atoms. The van der Waals surface area contributed by atoms with Crippen LogP contribution in [0.5, 0.6) is 0 Å². The van der Waals surface area contributed by atoms with E-state index in [-0.39, 0.29) is 5.41 Å². The van der Waals surface area contributed by atoms with Gasteiger partial charge in [0.25, 0.3) is 0 Å². The molecule has 1 atom stereocenters. The summed E-state index contributed by atoms with van der Waals surface area (Å²) in [7, 11) is 0. The molecule has 2 rings (SSSR count). The summed E-state index contributed by atoms with van der Waals surface area (Å²) in [6, 6.07) is 8.11. The molecule has 0 aliphatic carbocycles. The molecule has 1 N–H and O–H groups in total. The van der Waals surface area contributed by atoms with Crippen molar-refractivity contribution in [2.45, 2.75) is 52.2 Å². The second-order valence-electron chi connectivity index (χ2n) is 6.16. The fourth-order valence-electron chi connectivity index (χ4n) is 2.20. The molecule has 1 heterocycles. The number of aromatic nitrogens is 3. The van der Waals surface area contributed by atoms with Crippen LogP contribution in [0.3, 0.4) is 0 Å². The molecule has 1 aromatic heterocycles.